The molecule has 37 nitrogen and oxygen atoms in total. The lowest BCUT2D eigenvalue weighted by molar-refractivity contribution is -0.117. The molecule has 10 N–H and O–H groups in total. The number of amides is 1. The lowest BCUT2D eigenvalue weighted by Crippen LogP contribution is -2.30. The molecule has 1 atom stereocenters. The molecule has 0 saturated heterocycles. The molecule has 0 radical (unpaired) electrons. The minimum atomic E-state index is -5.31. The van der Waals surface area contributed by atoms with Crippen LogP contribution in [-0.4, -0.2) is 154 Å². The molecule has 3 aliphatic rings. The number of benzene rings is 7. The predicted octanol–water partition coefficient (Wildman–Crippen LogP) is 9.69. The van der Waals surface area contributed by atoms with Crippen LogP contribution in [0, 0.1) is 0 Å². The van der Waals surface area contributed by atoms with Gasteiger partial charge in [0.1, 0.15) is 62.7 Å². The van der Waals surface area contributed by atoms with Crippen LogP contribution in [0.15, 0.2) is 177 Å². The maximum Gasteiger partial charge on any atom is 0.297 e. The summed E-state index contributed by atoms with van der Waals surface area (Å²) in [5.74, 6) is -3.35. The van der Waals surface area contributed by atoms with Gasteiger partial charge in [-0.2, -0.15) is 75.8 Å². The minimum absolute atomic E-state index is 0.0683. The molecule has 47 heteroatoms. The fraction of sp³-hybridized carbons (Fsp3) is 0.0333. The van der Waals surface area contributed by atoms with Gasteiger partial charge in [-0.3, -0.25) is 36.8 Å². The summed E-state index contributed by atoms with van der Waals surface area (Å²) in [6, 6.07) is 21.5. The normalized spacial score (nSPS) is 14.5. The van der Waals surface area contributed by atoms with Crippen molar-refractivity contribution in [3.8, 4) is 45.6 Å². The molecular weight excluding hydrogens is 1610 g/mol. The van der Waals surface area contributed by atoms with Gasteiger partial charge < -0.3 is 15.3 Å². The molecule has 14 rings (SSSR count). The molecule has 7 heterocycles. The van der Waals surface area contributed by atoms with E-state index >= 15 is 8.42 Å². The molecule has 546 valence electrons. The average Bonchev–Trinajstić information content (AvgIpc) is 1.58. The number of sulfonamides is 1. The number of carbonyl (C=O) groups is 1. The number of halogens is 3. The largest absolute Gasteiger partial charge is 0.338 e. The summed E-state index contributed by atoms with van der Waals surface area (Å²) < 4.78 is 252. The lowest BCUT2D eigenvalue weighted by Gasteiger charge is -2.16. The number of carbonyl (C=O) groups excluding carboxylic acids is 1. The standard InChI is InChI=1S/C60H37Cl3N16O21S7/c1-25-47(59(80)79(77-25)35-21-18-26(23-41(35)106(95,96)97)17-19-27-7-2-12-33(48(27)107(98,99)100)64-58-46(61)49(62)65-60(63)74-58)76-75-34-24-28(20-22-36(34)102(83,84)85)78-101(81,82)37-13-3-8-29-42(37)54-66-50(29)68-55-44-31(10-5-15-39(44)104(89,90)91)52(70-55)72-57-45-32(11-6-16-40(45)105(92,93)94)53(73-57)71-56-43-30(51(67-54)69-56)9-4-14-38(43)103(86,87)88/h2-24,47,78H,1H3,(H,64,65,74)(H,83,84,85)(H,86,87,88)(H,89,90,91)(H,92,93,94)(H,95,96,97)(H,98,99,100)(H2,66,67,68,69,70,71,72,73). The summed E-state index contributed by atoms with van der Waals surface area (Å²) in [6.07, 6.45) is 2.29. The molecule has 1 amide bonds. The van der Waals surface area contributed by atoms with Crippen LogP contribution in [0.5, 0.6) is 0 Å². The second-order valence-electron chi connectivity index (χ2n) is 22.8. The van der Waals surface area contributed by atoms with Crippen LogP contribution in [0.1, 0.15) is 18.1 Å². The molecule has 0 fully saturated rings. The number of aromatic nitrogens is 10. The Kier molecular flexibility index (Phi) is 17.9. The number of rotatable bonds is 16. The number of H-pyrrole nitrogens is 2. The zero-order valence-corrected chi connectivity index (χ0v) is 60.5. The van der Waals surface area contributed by atoms with Gasteiger partial charge >= 0.3 is 0 Å². The van der Waals surface area contributed by atoms with Gasteiger partial charge in [0, 0.05) is 32.7 Å². The molecule has 4 aromatic heterocycles. The van der Waals surface area contributed by atoms with Crippen molar-refractivity contribution in [3.05, 3.63) is 154 Å². The van der Waals surface area contributed by atoms with Gasteiger partial charge in [-0.25, -0.2) is 43.3 Å². The van der Waals surface area contributed by atoms with E-state index in [9.17, 15) is 82.6 Å². The van der Waals surface area contributed by atoms with E-state index in [0.29, 0.717) is 11.1 Å². The van der Waals surface area contributed by atoms with Crippen molar-refractivity contribution in [1.29, 1.82) is 0 Å². The van der Waals surface area contributed by atoms with Crippen molar-refractivity contribution in [2.45, 2.75) is 47.2 Å². The summed E-state index contributed by atoms with van der Waals surface area (Å²) >= 11 is 18.1. The summed E-state index contributed by atoms with van der Waals surface area (Å²) in [5.41, 5.74) is -5.42. The Hall–Kier alpha value is -10.7. The third-order valence-corrected chi connectivity index (χ3v) is 23.8. The van der Waals surface area contributed by atoms with Gasteiger partial charge in [0.05, 0.1) is 38.8 Å². The Morgan fingerprint density at radius 3 is 1.57 bits per heavy atom. The number of fused-ring (bicyclic) bond motifs is 20. The first kappa shape index (κ1) is 73.2. The number of nitrogens with zero attached hydrogens (tertiary/aromatic N) is 12. The molecule has 1 unspecified atom stereocenters. The van der Waals surface area contributed by atoms with Crippen molar-refractivity contribution in [3.63, 3.8) is 0 Å². The zero-order valence-electron chi connectivity index (χ0n) is 52.5. The Balaban J connectivity index is 0.847. The number of hydrogen-bond acceptors (Lipinski definition) is 27. The maximum atomic E-state index is 15.2. The number of hydrogen-bond donors (Lipinski definition) is 10. The smallest absolute Gasteiger partial charge is 0.297 e. The molecule has 7 aromatic carbocycles. The van der Waals surface area contributed by atoms with Crippen molar-refractivity contribution in [2.75, 3.05) is 15.0 Å². The van der Waals surface area contributed by atoms with Gasteiger partial charge in [0.15, 0.2) is 40.3 Å². The maximum absolute atomic E-state index is 15.2. The van der Waals surface area contributed by atoms with Crippen LogP contribution in [0.25, 0.3) is 102 Å². The topological polar surface area (TPSA) is 577 Å². The predicted molar refractivity (Wildman–Crippen MR) is 383 cm³/mol. The van der Waals surface area contributed by atoms with Gasteiger partial charge in [0.25, 0.3) is 76.6 Å². The quantitative estimate of drug-likeness (QED) is 0.0141. The highest BCUT2D eigenvalue weighted by Crippen LogP contribution is 2.44. The third-order valence-electron chi connectivity index (χ3n) is 16.1. The van der Waals surface area contributed by atoms with E-state index < -0.39 is 174 Å². The molecule has 8 bridgehead atoms. The summed E-state index contributed by atoms with van der Waals surface area (Å²) in [6.45, 7) is 1.21. The van der Waals surface area contributed by atoms with Gasteiger partial charge in [-0.1, -0.05) is 102 Å². The van der Waals surface area contributed by atoms with Crippen LogP contribution in [0.2, 0.25) is 15.5 Å². The van der Waals surface area contributed by atoms with Crippen LogP contribution >= 0.6 is 34.8 Å². The van der Waals surface area contributed by atoms with Gasteiger partial charge in [0.2, 0.25) is 5.28 Å². The number of anilines is 4. The van der Waals surface area contributed by atoms with Crippen LogP contribution in [0.3, 0.4) is 0 Å². The number of nitrogens with one attached hydrogen (secondary N) is 4. The van der Waals surface area contributed by atoms with Crippen molar-refractivity contribution in [1.82, 2.24) is 49.8 Å². The van der Waals surface area contributed by atoms with E-state index in [0.717, 1.165) is 60.7 Å². The Labute approximate surface area is 615 Å². The van der Waals surface area contributed by atoms with E-state index in [1.807, 2.05) is 0 Å². The molecule has 107 heavy (non-hydrogen) atoms. The van der Waals surface area contributed by atoms with E-state index in [4.69, 9.17) is 34.8 Å². The average molecular weight is 1650 g/mol. The van der Waals surface area contributed by atoms with Crippen molar-refractivity contribution < 1.29 is 91.0 Å². The Morgan fingerprint density at radius 2 is 1.02 bits per heavy atom. The molecule has 0 spiro atoms. The Bertz CT molecular complexity index is 7000. The van der Waals surface area contributed by atoms with Crippen molar-refractivity contribution in [2.24, 2.45) is 15.3 Å². The minimum Gasteiger partial charge on any atom is -0.338 e. The Morgan fingerprint density at radius 1 is 0.505 bits per heavy atom. The first-order chi connectivity index (χ1) is 50.1. The third kappa shape index (κ3) is 13.7. The monoisotopic (exact) mass is 1650 g/mol. The molecule has 0 saturated carbocycles. The number of azo groups is 1. The highest BCUT2D eigenvalue weighted by molar-refractivity contribution is 7.93. The van der Waals surface area contributed by atoms with Gasteiger partial charge in [-0.05, 0) is 90.3 Å². The number of aromatic amines is 2. The van der Waals surface area contributed by atoms with Crippen LogP contribution < -0.4 is 15.0 Å². The number of hydrazone groups is 1. The highest BCUT2D eigenvalue weighted by Gasteiger charge is 2.39. The zero-order chi connectivity index (χ0) is 76.7. The van der Waals surface area contributed by atoms with E-state index in [1.54, 1.807) is 0 Å². The fourth-order valence-corrected chi connectivity index (χ4v) is 17.7. The fourth-order valence-electron chi connectivity index (χ4n) is 11.7. The van der Waals surface area contributed by atoms with Crippen molar-refractivity contribution >= 4 is 202 Å². The highest BCUT2D eigenvalue weighted by atomic mass is 35.5. The van der Waals surface area contributed by atoms with E-state index in [-0.39, 0.29) is 93.3 Å². The first-order valence-corrected chi connectivity index (χ1v) is 40.7. The van der Waals surface area contributed by atoms with Gasteiger partial charge in [-0.15, -0.1) is 0 Å². The molecule has 0 aliphatic carbocycles. The molecular formula is C60H37Cl3N16O21S7. The second kappa shape index (κ2) is 26.1. The SMILES string of the molecule is CC1=NN(c2ccc(C=Cc3cccc(Nc4nc(Cl)nc(Cl)c4Cl)c3S(=O)(=O)O)cc2S(=O)(=O)O)C(=O)C1N=Nc1cc(NS(=O)(=O)c2cccc3c2-c2nc-3nc3[nH]c(nc4nc(nc5[nH]c(n2)c2cccc(S(=O)(=O)O)c52)-c2cccc(S(=O)(=O)O)c2-4)c2cccc(S(=O)(=O)O)c32)ccc1S(=O)(=O)O. The second-order valence-corrected chi connectivity index (χ2v) is 33.9. The van der Waals surface area contributed by atoms with Crippen LogP contribution in [0.4, 0.5) is 28.6 Å². The van der Waals surface area contributed by atoms with E-state index in [1.165, 1.54) is 79.7 Å². The lowest BCUT2D eigenvalue weighted by atomic mass is 10.1. The summed E-state index contributed by atoms with van der Waals surface area (Å²) in [7, 11) is -36.3. The molecule has 3 aliphatic heterocycles. The van der Waals surface area contributed by atoms with E-state index in [2.05, 4.69) is 75.2 Å². The summed E-state index contributed by atoms with van der Waals surface area (Å²) in [4.78, 5) is 49.3. The van der Waals surface area contributed by atoms with Crippen LogP contribution in [-0.2, 0) is 75.5 Å². The molecule has 11 aromatic rings. The summed E-state index contributed by atoms with van der Waals surface area (Å²) in [5, 5.41) is 13.1. The first-order valence-electron chi connectivity index (χ1n) is 29.4.